The van der Waals surface area contributed by atoms with Crippen molar-refractivity contribution in [3.63, 3.8) is 0 Å². The SMILES string of the molecule is CCc1cnc(-c2cc(C#N)c(N3CCC(C(N)=O)CC3)nc2C)o1. The molecule has 2 N–H and O–H groups in total. The molecule has 1 fully saturated rings. The Morgan fingerprint density at radius 1 is 1.48 bits per heavy atom. The smallest absolute Gasteiger partial charge is 0.228 e. The van der Waals surface area contributed by atoms with E-state index in [1.54, 1.807) is 12.3 Å². The Bertz CT molecular complexity index is 828. The van der Waals surface area contributed by atoms with Gasteiger partial charge in [0.1, 0.15) is 17.6 Å². The van der Waals surface area contributed by atoms with E-state index < -0.39 is 0 Å². The van der Waals surface area contributed by atoms with E-state index in [0.717, 1.165) is 23.4 Å². The van der Waals surface area contributed by atoms with Gasteiger partial charge in [0.15, 0.2) is 0 Å². The van der Waals surface area contributed by atoms with Crippen LogP contribution in [0.25, 0.3) is 11.5 Å². The Kier molecular flexibility index (Phi) is 4.70. The van der Waals surface area contributed by atoms with Crippen LogP contribution in [0.15, 0.2) is 16.7 Å². The van der Waals surface area contributed by atoms with Gasteiger partial charge in [0.2, 0.25) is 11.8 Å². The first-order valence-corrected chi connectivity index (χ1v) is 8.44. The van der Waals surface area contributed by atoms with Gasteiger partial charge >= 0.3 is 0 Å². The second-order valence-electron chi connectivity index (χ2n) is 6.25. The maximum absolute atomic E-state index is 11.3. The molecular formula is C18H21N5O2. The van der Waals surface area contributed by atoms with Crippen LogP contribution in [-0.4, -0.2) is 29.0 Å². The molecule has 7 nitrogen and oxygen atoms in total. The van der Waals surface area contributed by atoms with E-state index in [-0.39, 0.29) is 11.8 Å². The van der Waals surface area contributed by atoms with Crippen molar-refractivity contribution in [1.29, 1.82) is 5.26 Å². The van der Waals surface area contributed by atoms with E-state index in [9.17, 15) is 10.1 Å². The van der Waals surface area contributed by atoms with Crippen LogP contribution in [0.3, 0.4) is 0 Å². The van der Waals surface area contributed by atoms with Crippen LogP contribution < -0.4 is 10.6 Å². The summed E-state index contributed by atoms with van der Waals surface area (Å²) in [6.07, 6.45) is 3.82. The lowest BCUT2D eigenvalue weighted by Crippen LogP contribution is -2.39. The number of piperidine rings is 1. The second-order valence-corrected chi connectivity index (χ2v) is 6.25. The highest BCUT2D eigenvalue weighted by Gasteiger charge is 2.26. The molecule has 7 heteroatoms. The van der Waals surface area contributed by atoms with Crippen molar-refractivity contribution in [1.82, 2.24) is 9.97 Å². The number of aromatic nitrogens is 2. The van der Waals surface area contributed by atoms with Crippen molar-refractivity contribution in [3.05, 3.63) is 29.3 Å². The topological polar surface area (TPSA) is 109 Å². The molecule has 0 spiro atoms. The Morgan fingerprint density at radius 2 is 2.20 bits per heavy atom. The van der Waals surface area contributed by atoms with Crippen LogP contribution in [0.4, 0.5) is 5.82 Å². The van der Waals surface area contributed by atoms with Crippen LogP contribution in [0, 0.1) is 24.2 Å². The quantitative estimate of drug-likeness (QED) is 0.914. The summed E-state index contributed by atoms with van der Waals surface area (Å²) < 4.78 is 5.70. The largest absolute Gasteiger partial charge is 0.441 e. The van der Waals surface area contributed by atoms with Crippen LogP contribution in [0.2, 0.25) is 0 Å². The van der Waals surface area contributed by atoms with Gasteiger partial charge in [-0.05, 0) is 25.8 Å². The van der Waals surface area contributed by atoms with Gasteiger partial charge in [-0.2, -0.15) is 5.26 Å². The number of carbonyl (C=O) groups is 1. The van der Waals surface area contributed by atoms with Crippen molar-refractivity contribution in [2.75, 3.05) is 18.0 Å². The maximum Gasteiger partial charge on any atom is 0.228 e. The Hall–Kier alpha value is -2.88. The molecule has 0 unspecified atom stereocenters. The number of rotatable bonds is 4. The highest BCUT2D eigenvalue weighted by Crippen LogP contribution is 2.30. The lowest BCUT2D eigenvalue weighted by molar-refractivity contribution is -0.122. The van der Waals surface area contributed by atoms with E-state index >= 15 is 0 Å². The number of nitrogens with two attached hydrogens (primary N) is 1. The van der Waals surface area contributed by atoms with Crippen molar-refractivity contribution in [3.8, 4) is 17.5 Å². The molecule has 25 heavy (non-hydrogen) atoms. The number of anilines is 1. The molecule has 1 aliphatic rings. The highest BCUT2D eigenvalue weighted by molar-refractivity contribution is 5.77. The van der Waals surface area contributed by atoms with E-state index in [1.165, 1.54) is 0 Å². The van der Waals surface area contributed by atoms with Crippen LogP contribution in [0.5, 0.6) is 0 Å². The Labute approximate surface area is 146 Å². The Balaban J connectivity index is 1.90. The normalized spacial score (nSPS) is 15.2. The second kappa shape index (κ2) is 6.93. The predicted octanol–water partition coefficient (Wildman–Crippen LogP) is 2.18. The number of amides is 1. The zero-order valence-electron chi connectivity index (χ0n) is 14.5. The molecule has 0 atom stereocenters. The lowest BCUT2D eigenvalue weighted by Gasteiger charge is -2.32. The molecule has 0 bridgehead atoms. The number of hydrogen-bond donors (Lipinski definition) is 1. The number of nitriles is 1. The molecule has 2 aromatic rings. The molecule has 0 radical (unpaired) electrons. The molecular weight excluding hydrogens is 318 g/mol. The summed E-state index contributed by atoms with van der Waals surface area (Å²) in [4.78, 5) is 22.3. The minimum atomic E-state index is -0.254. The molecule has 3 heterocycles. The minimum Gasteiger partial charge on any atom is -0.441 e. The molecule has 3 rings (SSSR count). The molecule has 2 aromatic heterocycles. The van der Waals surface area contributed by atoms with Crippen molar-refractivity contribution in [2.24, 2.45) is 11.7 Å². The summed E-state index contributed by atoms with van der Waals surface area (Å²) in [7, 11) is 0. The monoisotopic (exact) mass is 339 g/mol. The third-order valence-electron chi connectivity index (χ3n) is 4.64. The number of nitrogens with zero attached hydrogens (tertiary/aromatic N) is 4. The van der Waals surface area contributed by atoms with Gasteiger partial charge in [0, 0.05) is 25.4 Å². The van der Waals surface area contributed by atoms with Crippen molar-refractivity contribution < 1.29 is 9.21 Å². The van der Waals surface area contributed by atoms with Gasteiger partial charge < -0.3 is 15.1 Å². The fourth-order valence-electron chi connectivity index (χ4n) is 3.10. The minimum absolute atomic E-state index is 0.0954. The third-order valence-corrected chi connectivity index (χ3v) is 4.64. The van der Waals surface area contributed by atoms with Gasteiger partial charge in [0.25, 0.3) is 0 Å². The van der Waals surface area contributed by atoms with E-state index in [0.29, 0.717) is 43.2 Å². The predicted molar refractivity (Wildman–Crippen MR) is 92.7 cm³/mol. The summed E-state index contributed by atoms with van der Waals surface area (Å²) in [6, 6.07) is 4.00. The number of primary amides is 1. The summed E-state index contributed by atoms with van der Waals surface area (Å²) in [5.41, 5.74) is 7.36. The summed E-state index contributed by atoms with van der Waals surface area (Å²) in [6.45, 7) is 5.20. The molecule has 1 aliphatic heterocycles. The van der Waals surface area contributed by atoms with Crippen molar-refractivity contribution in [2.45, 2.75) is 33.1 Å². The molecule has 1 amide bonds. The first-order chi connectivity index (χ1) is 12.0. The van der Waals surface area contributed by atoms with E-state index in [1.807, 2.05) is 18.7 Å². The van der Waals surface area contributed by atoms with Gasteiger partial charge in [0.05, 0.1) is 23.0 Å². The van der Waals surface area contributed by atoms with E-state index in [4.69, 9.17) is 10.2 Å². The first kappa shape index (κ1) is 17.0. The van der Waals surface area contributed by atoms with Crippen LogP contribution >= 0.6 is 0 Å². The third kappa shape index (κ3) is 3.33. The summed E-state index contributed by atoms with van der Waals surface area (Å²) in [5, 5.41) is 9.56. The Morgan fingerprint density at radius 3 is 2.76 bits per heavy atom. The molecule has 0 aliphatic carbocycles. The number of hydrogen-bond acceptors (Lipinski definition) is 6. The average Bonchev–Trinajstić information content (AvgIpc) is 3.10. The molecule has 0 saturated carbocycles. The number of carbonyl (C=O) groups excluding carboxylic acids is 1. The zero-order chi connectivity index (χ0) is 18.0. The van der Waals surface area contributed by atoms with Gasteiger partial charge in [-0.15, -0.1) is 0 Å². The number of pyridine rings is 1. The molecule has 130 valence electrons. The maximum atomic E-state index is 11.3. The standard InChI is InChI=1S/C18H21N5O2/c1-3-14-10-21-18(25-14)15-8-13(9-19)17(22-11(15)2)23-6-4-12(5-7-23)16(20)24/h8,10,12H,3-7H2,1-2H3,(H2,20,24). The molecule has 1 saturated heterocycles. The first-order valence-electron chi connectivity index (χ1n) is 8.44. The highest BCUT2D eigenvalue weighted by atomic mass is 16.4. The fraction of sp³-hybridized carbons (Fsp3) is 0.444. The van der Waals surface area contributed by atoms with Crippen LogP contribution in [0.1, 0.15) is 36.8 Å². The van der Waals surface area contributed by atoms with Gasteiger partial charge in [-0.3, -0.25) is 4.79 Å². The van der Waals surface area contributed by atoms with Crippen LogP contribution in [-0.2, 0) is 11.2 Å². The average molecular weight is 339 g/mol. The zero-order valence-corrected chi connectivity index (χ0v) is 14.5. The summed E-state index contributed by atoms with van der Waals surface area (Å²) in [5.74, 6) is 1.58. The fourth-order valence-corrected chi connectivity index (χ4v) is 3.10. The van der Waals surface area contributed by atoms with Gasteiger partial charge in [-0.25, -0.2) is 9.97 Å². The molecule has 0 aromatic carbocycles. The number of oxazole rings is 1. The van der Waals surface area contributed by atoms with E-state index in [2.05, 4.69) is 16.0 Å². The van der Waals surface area contributed by atoms with Gasteiger partial charge in [-0.1, -0.05) is 6.92 Å². The van der Waals surface area contributed by atoms with Crippen molar-refractivity contribution >= 4 is 11.7 Å². The summed E-state index contributed by atoms with van der Waals surface area (Å²) >= 11 is 0. The number of aryl methyl sites for hydroxylation is 2. The lowest BCUT2D eigenvalue weighted by atomic mass is 9.96.